The number of sulfonamides is 1. The Labute approximate surface area is 193 Å². The third-order valence-corrected chi connectivity index (χ3v) is 6.84. The Hall–Kier alpha value is -3.05. The normalized spacial score (nSPS) is 14.8. The van der Waals surface area contributed by atoms with Crippen LogP contribution >= 0.6 is 0 Å². The quantitative estimate of drug-likeness (QED) is 0.465. The van der Waals surface area contributed by atoms with E-state index in [4.69, 9.17) is 4.74 Å². The smallest absolute Gasteiger partial charge is 0.255 e. The summed E-state index contributed by atoms with van der Waals surface area (Å²) < 4.78 is 34.7. The van der Waals surface area contributed by atoms with Gasteiger partial charge in [0.25, 0.3) is 5.91 Å². The first kappa shape index (κ1) is 23.1. The van der Waals surface area contributed by atoms with Gasteiger partial charge in [0.15, 0.2) is 0 Å². The molecule has 3 aromatic rings. The number of hydrogen-bond donors (Lipinski definition) is 2. The van der Waals surface area contributed by atoms with Gasteiger partial charge in [-0.2, -0.15) is 5.10 Å². The Morgan fingerprint density at radius 3 is 2.42 bits per heavy atom. The number of nitrogens with one attached hydrogen (secondary N) is 2. The summed E-state index contributed by atoms with van der Waals surface area (Å²) in [7, 11) is -3.60. The maximum Gasteiger partial charge on any atom is 0.255 e. The van der Waals surface area contributed by atoms with Gasteiger partial charge in [-0.05, 0) is 67.6 Å². The topological polar surface area (TPSA) is 106 Å². The maximum absolute atomic E-state index is 12.5. The van der Waals surface area contributed by atoms with E-state index in [-0.39, 0.29) is 10.8 Å². The number of carbonyl (C=O) groups is 1. The highest BCUT2D eigenvalue weighted by Gasteiger charge is 2.15. The van der Waals surface area contributed by atoms with Crippen LogP contribution in [0.5, 0.6) is 0 Å². The van der Waals surface area contributed by atoms with E-state index < -0.39 is 10.0 Å². The largest absolute Gasteiger partial charge is 0.379 e. The van der Waals surface area contributed by atoms with Gasteiger partial charge in [0.1, 0.15) is 0 Å². The minimum atomic E-state index is -3.60. The highest BCUT2D eigenvalue weighted by Crippen LogP contribution is 2.16. The van der Waals surface area contributed by atoms with Crippen LogP contribution in [0.25, 0.3) is 5.69 Å². The van der Waals surface area contributed by atoms with E-state index in [9.17, 15) is 13.2 Å². The minimum absolute atomic E-state index is 0.162. The molecule has 174 valence electrons. The zero-order valence-corrected chi connectivity index (χ0v) is 19.0. The molecule has 1 aliphatic rings. The molecule has 33 heavy (non-hydrogen) atoms. The predicted molar refractivity (Wildman–Crippen MR) is 125 cm³/mol. The SMILES string of the molecule is O=C(Nc1ccc(S(=O)(=O)NCCCN2CCOCC2)cc1)c1ccc(-n2cccn2)cc1. The van der Waals surface area contributed by atoms with Crippen LogP contribution < -0.4 is 10.0 Å². The molecule has 0 unspecified atom stereocenters. The van der Waals surface area contributed by atoms with Crippen LogP contribution in [0.3, 0.4) is 0 Å². The van der Waals surface area contributed by atoms with Gasteiger partial charge in [-0.3, -0.25) is 9.69 Å². The third kappa shape index (κ3) is 6.26. The highest BCUT2D eigenvalue weighted by molar-refractivity contribution is 7.89. The minimum Gasteiger partial charge on any atom is -0.379 e. The fourth-order valence-electron chi connectivity index (χ4n) is 3.53. The van der Waals surface area contributed by atoms with Crippen LogP contribution in [0.4, 0.5) is 5.69 Å². The number of hydrogen-bond acceptors (Lipinski definition) is 6. The van der Waals surface area contributed by atoms with Gasteiger partial charge in [-0.25, -0.2) is 17.8 Å². The van der Waals surface area contributed by atoms with Gasteiger partial charge in [-0.15, -0.1) is 0 Å². The molecule has 1 amide bonds. The lowest BCUT2D eigenvalue weighted by molar-refractivity contribution is 0.0376. The van der Waals surface area contributed by atoms with Crippen molar-refractivity contribution in [2.45, 2.75) is 11.3 Å². The average molecular weight is 470 g/mol. The van der Waals surface area contributed by atoms with Crippen molar-refractivity contribution >= 4 is 21.6 Å². The fraction of sp³-hybridized carbons (Fsp3) is 0.304. The summed E-state index contributed by atoms with van der Waals surface area (Å²) in [6, 6.07) is 15.0. The Bertz CT molecular complexity index is 1140. The molecule has 0 saturated carbocycles. The van der Waals surface area contributed by atoms with Crippen molar-refractivity contribution in [3.05, 3.63) is 72.6 Å². The highest BCUT2D eigenvalue weighted by atomic mass is 32.2. The first-order valence-corrected chi connectivity index (χ1v) is 12.3. The van der Waals surface area contributed by atoms with Gasteiger partial charge < -0.3 is 10.1 Å². The summed E-state index contributed by atoms with van der Waals surface area (Å²) in [6.07, 6.45) is 4.24. The summed E-state index contributed by atoms with van der Waals surface area (Å²) in [5.74, 6) is -0.279. The van der Waals surface area contributed by atoms with Gasteiger partial charge in [0, 0.05) is 43.3 Å². The standard InChI is InChI=1S/C23H27N5O4S/c29-23(19-3-7-21(8-4-19)28-14-1-11-24-28)26-20-5-9-22(10-6-20)33(30,31)25-12-2-13-27-15-17-32-18-16-27/h1,3-11,14,25H,2,12-13,15-18H2,(H,26,29). The monoisotopic (exact) mass is 469 g/mol. The van der Waals surface area contributed by atoms with Crippen molar-refractivity contribution in [1.29, 1.82) is 0 Å². The van der Waals surface area contributed by atoms with Crippen LogP contribution in [-0.2, 0) is 14.8 Å². The van der Waals surface area contributed by atoms with E-state index in [0.717, 1.165) is 45.0 Å². The van der Waals surface area contributed by atoms with Crippen LogP contribution in [0.2, 0.25) is 0 Å². The van der Waals surface area contributed by atoms with E-state index >= 15 is 0 Å². The first-order valence-electron chi connectivity index (χ1n) is 10.8. The first-order chi connectivity index (χ1) is 16.0. The van der Waals surface area contributed by atoms with Gasteiger partial charge in [0.05, 0.1) is 23.8 Å². The molecular weight excluding hydrogens is 442 g/mol. The molecular formula is C23H27N5O4S. The van der Waals surface area contributed by atoms with Crippen LogP contribution in [-0.4, -0.2) is 68.4 Å². The zero-order chi connectivity index (χ0) is 23.1. The lowest BCUT2D eigenvalue weighted by Gasteiger charge is -2.26. The van der Waals surface area contributed by atoms with E-state index in [1.54, 1.807) is 35.1 Å². The number of nitrogens with zero attached hydrogens (tertiary/aromatic N) is 3. The Balaban J connectivity index is 1.28. The second-order valence-corrected chi connectivity index (χ2v) is 9.45. The van der Waals surface area contributed by atoms with Crippen molar-refractivity contribution in [3.8, 4) is 5.69 Å². The molecule has 1 saturated heterocycles. The number of aromatic nitrogens is 2. The fourth-order valence-corrected chi connectivity index (χ4v) is 4.60. The molecule has 0 bridgehead atoms. The molecule has 1 aromatic heterocycles. The zero-order valence-electron chi connectivity index (χ0n) is 18.2. The van der Waals surface area contributed by atoms with Gasteiger partial charge in [-0.1, -0.05) is 0 Å². The Morgan fingerprint density at radius 1 is 1.03 bits per heavy atom. The van der Waals surface area contributed by atoms with Crippen molar-refractivity contribution in [1.82, 2.24) is 19.4 Å². The molecule has 2 aromatic carbocycles. The molecule has 1 aliphatic heterocycles. The van der Waals surface area contributed by atoms with Crippen LogP contribution in [0.15, 0.2) is 71.9 Å². The number of ether oxygens (including phenoxy) is 1. The molecule has 9 nitrogen and oxygen atoms in total. The third-order valence-electron chi connectivity index (χ3n) is 5.37. The second-order valence-electron chi connectivity index (χ2n) is 7.68. The molecule has 10 heteroatoms. The van der Waals surface area contributed by atoms with Crippen molar-refractivity contribution in [3.63, 3.8) is 0 Å². The molecule has 0 aliphatic carbocycles. The molecule has 4 rings (SSSR count). The van der Waals surface area contributed by atoms with E-state index in [1.165, 1.54) is 12.1 Å². The number of morpholine rings is 1. The summed E-state index contributed by atoms with van der Waals surface area (Å²) in [6.45, 7) is 4.42. The van der Waals surface area contributed by atoms with Gasteiger partial charge >= 0.3 is 0 Å². The van der Waals surface area contributed by atoms with Crippen molar-refractivity contribution in [2.24, 2.45) is 0 Å². The summed E-state index contributed by atoms with van der Waals surface area (Å²) in [5.41, 5.74) is 1.86. The number of amides is 1. The summed E-state index contributed by atoms with van der Waals surface area (Å²) in [5, 5.41) is 6.94. The summed E-state index contributed by atoms with van der Waals surface area (Å²) in [4.78, 5) is 14.9. The molecule has 0 spiro atoms. The average Bonchev–Trinajstić information content (AvgIpc) is 3.38. The molecule has 0 radical (unpaired) electrons. The number of carbonyl (C=O) groups excluding carboxylic acids is 1. The van der Waals surface area contributed by atoms with Gasteiger partial charge in [0.2, 0.25) is 10.0 Å². The summed E-state index contributed by atoms with van der Waals surface area (Å²) >= 11 is 0. The number of anilines is 1. The second kappa shape index (κ2) is 10.7. The number of benzene rings is 2. The molecule has 0 atom stereocenters. The van der Waals surface area contributed by atoms with E-state index in [0.29, 0.717) is 17.8 Å². The van der Waals surface area contributed by atoms with Crippen LogP contribution in [0, 0.1) is 0 Å². The lowest BCUT2D eigenvalue weighted by atomic mass is 10.2. The van der Waals surface area contributed by atoms with Crippen molar-refractivity contribution in [2.75, 3.05) is 44.7 Å². The lowest BCUT2D eigenvalue weighted by Crippen LogP contribution is -2.38. The molecule has 2 heterocycles. The Kier molecular flexibility index (Phi) is 7.50. The van der Waals surface area contributed by atoms with Crippen LogP contribution in [0.1, 0.15) is 16.8 Å². The predicted octanol–water partition coefficient (Wildman–Crippen LogP) is 2.13. The molecule has 2 N–H and O–H groups in total. The number of rotatable bonds is 9. The Morgan fingerprint density at radius 2 is 1.76 bits per heavy atom. The van der Waals surface area contributed by atoms with E-state index in [2.05, 4.69) is 20.0 Å². The maximum atomic E-state index is 12.5. The van der Waals surface area contributed by atoms with E-state index in [1.807, 2.05) is 24.4 Å². The van der Waals surface area contributed by atoms with Crippen molar-refractivity contribution < 1.29 is 17.9 Å². The molecule has 1 fully saturated rings.